The van der Waals surface area contributed by atoms with Crippen LogP contribution in [0.3, 0.4) is 0 Å². The quantitative estimate of drug-likeness (QED) is 0.357. The van der Waals surface area contributed by atoms with Crippen molar-refractivity contribution in [3.8, 4) is 0 Å². The van der Waals surface area contributed by atoms with Gasteiger partial charge < -0.3 is 0 Å². The van der Waals surface area contributed by atoms with Gasteiger partial charge in [-0.25, -0.2) is 0 Å². The fraction of sp³-hybridized carbons (Fsp3) is 0.895. The molecule has 1 aliphatic rings. The summed E-state index contributed by atoms with van der Waals surface area (Å²) in [5.41, 5.74) is 0. The molecular weight excluding hydrogens is 260 g/mol. The molecule has 0 N–H and O–H groups in total. The average molecular weight is 293 g/mol. The number of carbonyl (C=O) groups is 1. The van der Waals surface area contributed by atoms with Crippen LogP contribution in [0.25, 0.3) is 0 Å². The van der Waals surface area contributed by atoms with E-state index in [0.717, 1.165) is 44.9 Å². The van der Waals surface area contributed by atoms with Gasteiger partial charge in [-0.2, -0.15) is 0 Å². The van der Waals surface area contributed by atoms with Gasteiger partial charge in [-0.05, 0) is 19.3 Å². The van der Waals surface area contributed by atoms with Crippen LogP contribution in [0.15, 0.2) is 0 Å². The number of rotatable bonds is 12. The predicted octanol–water partition coefficient (Wildman–Crippen LogP) is 5.39. The van der Waals surface area contributed by atoms with Crippen molar-refractivity contribution >= 4 is 12.1 Å². The van der Waals surface area contributed by atoms with Gasteiger partial charge in [0.2, 0.25) is 6.29 Å². The van der Waals surface area contributed by atoms with Crippen LogP contribution in [0.1, 0.15) is 96.8 Å². The lowest BCUT2D eigenvalue weighted by Gasteiger charge is -2.22. The molecule has 2 nitrogen and oxygen atoms in total. The minimum Gasteiger partial charge on any atom is -0.299 e. The molecule has 1 fully saturated rings. The molecule has 0 saturated heterocycles. The van der Waals surface area contributed by atoms with Gasteiger partial charge in [0, 0.05) is 5.92 Å². The van der Waals surface area contributed by atoms with E-state index >= 15 is 0 Å². The van der Waals surface area contributed by atoms with Crippen molar-refractivity contribution in [1.82, 2.24) is 0 Å². The molecule has 0 aromatic heterocycles. The van der Waals surface area contributed by atoms with Gasteiger partial charge in [0.05, 0.1) is 5.92 Å². The van der Waals surface area contributed by atoms with Crippen molar-refractivity contribution in [2.75, 3.05) is 0 Å². The normalized spacial score (nSPS) is 17.6. The van der Waals surface area contributed by atoms with Gasteiger partial charge in [0.25, 0.3) is 0 Å². The Morgan fingerprint density at radius 3 is 2.10 bits per heavy atom. The molecule has 1 saturated carbocycles. The molecule has 121 valence electrons. The Bertz CT molecular complexity index is 279. The zero-order valence-corrected chi connectivity index (χ0v) is 13.9. The first-order valence-electron chi connectivity index (χ1n) is 9.21. The number of unbranched alkanes of at least 4 members (excludes halogenated alkanes) is 7. The summed E-state index contributed by atoms with van der Waals surface area (Å²) in [6.07, 6.45) is 18.3. The summed E-state index contributed by atoms with van der Waals surface area (Å²) in [5.74, 6) is -0.0971. The number of ketones is 1. The summed E-state index contributed by atoms with van der Waals surface area (Å²) in [7, 11) is 0. The molecule has 0 bridgehead atoms. The van der Waals surface area contributed by atoms with E-state index in [1.54, 1.807) is 0 Å². The van der Waals surface area contributed by atoms with Crippen molar-refractivity contribution in [2.24, 2.45) is 11.8 Å². The zero-order chi connectivity index (χ0) is 15.3. The van der Waals surface area contributed by atoms with Crippen molar-refractivity contribution in [2.45, 2.75) is 96.8 Å². The highest BCUT2D eigenvalue weighted by atomic mass is 16.1. The molecule has 1 atom stereocenters. The van der Waals surface area contributed by atoms with Crippen molar-refractivity contribution < 1.29 is 9.59 Å². The zero-order valence-electron chi connectivity index (χ0n) is 13.9. The van der Waals surface area contributed by atoms with Crippen LogP contribution >= 0.6 is 0 Å². The molecule has 1 rings (SSSR count). The lowest BCUT2D eigenvalue weighted by atomic mass is 9.80. The summed E-state index contributed by atoms with van der Waals surface area (Å²) in [6, 6.07) is 0. The lowest BCUT2D eigenvalue weighted by Crippen LogP contribution is -2.26. The van der Waals surface area contributed by atoms with E-state index in [9.17, 15) is 9.59 Å². The van der Waals surface area contributed by atoms with Crippen LogP contribution in [0.2, 0.25) is 0 Å². The Kier molecular flexibility index (Phi) is 10.5. The minimum absolute atomic E-state index is 0.152. The lowest BCUT2D eigenvalue weighted by molar-refractivity contribution is -0.126. The number of hydrogen-bond acceptors (Lipinski definition) is 2. The van der Waals surface area contributed by atoms with E-state index in [1.165, 1.54) is 44.9 Å². The fourth-order valence-corrected chi connectivity index (χ4v) is 3.41. The topological polar surface area (TPSA) is 34.1 Å². The molecule has 0 aliphatic heterocycles. The molecular formula is C19H33O2. The van der Waals surface area contributed by atoms with E-state index < -0.39 is 5.92 Å². The molecule has 0 heterocycles. The number of Topliss-reactive ketones (excluding diaryl/α,β-unsaturated/α-hetero) is 1. The summed E-state index contributed by atoms with van der Waals surface area (Å²) in [5, 5.41) is 0. The second kappa shape index (κ2) is 11.9. The van der Waals surface area contributed by atoms with Crippen LogP contribution in [0.4, 0.5) is 0 Å². The third-order valence-corrected chi connectivity index (χ3v) is 4.84. The van der Waals surface area contributed by atoms with Crippen molar-refractivity contribution in [1.29, 1.82) is 0 Å². The molecule has 21 heavy (non-hydrogen) atoms. The molecule has 0 aromatic carbocycles. The van der Waals surface area contributed by atoms with Crippen LogP contribution < -0.4 is 0 Å². The third kappa shape index (κ3) is 7.78. The maximum Gasteiger partial charge on any atom is 0.209 e. The highest BCUT2D eigenvalue weighted by Crippen LogP contribution is 2.27. The van der Waals surface area contributed by atoms with E-state index in [-0.39, 0.29) is 11.7 Å². The number of hydrogen-bond donors (Lipinski definition) is 0. The molecule has 2 heteroatoms. The molecule has 1 unspecified atom stereocenters. The Morgan fingerprint density at radius 2 is 1.52 bits per heavy atom. The Hall–Kier alpha value is -0.660. The Morgan fingerprint density at radius 1 is 0.952 bits per heavy atom. The summed E-state index contributed by atoms with van der Waals surface area (Å²) < 4.78 is 0. The van der Waals surface area contributed by atoms with Gasteiger partial charge in [0.1, 0.15) is 5.78 Å². The summed E-state index contributed by atoms with van der Waals surface area (Å²) in [6.45, 7) is 2.24. The first-order chi connectivity index (χ1) is 10.3. The third-order valence-electron chi connectivity index (χ3n) is 4.84. The van der Waals surface area contributed by atoms with Crippen LogP contribution in [-0.4, -0.2) is 12.1 Å². The molecule has 0 aromatic rings. The molecule has 0 spiro atoms. The van der Waals surface area contributed by atoms with Crippen LogP contribution in [-0.2, 0) is 9.59 Å². The van der Waals surface area contributed by atoms with E-state index in [1.807, 2.05) is 6.29 Å². The maximum absolute atomic E-state index is 12.3. The second-order valence-corrected chi connectivity index (χ2v) is 6.67. The smallest absolute Gasteiger partial charge is 0.209 e. The van der Waals surface area contributed by atoms with E-state index in [0.29, 0.717) is 0 Å². The average Bonchev–Trinajstić information content (AvgIpc) is 2.54. The van der Waals surface area contributed by atoms with Crippen molar-refractivity contribution in [3.05, 3.63) is 0 Å². The minimum atomic E-state index is -0.437. The van der Waals surface area contributed by atoms with Gasteiger partial charge in [-0.1, -0.05) is 77.6 Å². The standard InChI is InChI=1S/C19H33O2/c1-2-3-4-5-6-7-8-10-15-18(16-20)19(21)17-13-11-9-12-14-17/h17-18H,2-15H2,1H3. The van der Waals surface area contributed by atoms with Crippen molar-refractivity contribution in [3.63, 3.8) is 0 Å². The fourth-order valence-electron chi connectivity index (χ4n) is 3.41. The van der Waals surface area contributed by atoms with E-state index in [4.69, 9.17) is 0 Å². The Balaban J connectivity index is 2.10. The van der Waals surface area contributed by atoms with Gasteiger partial charge in [-0.15, -0.1) is 0 Å². The second-order valence-electron chi connectivity index (χ2n) is 6.67. The van der Waals surface area contributed by atoms with Crippen LogP contribution in [0, 0.1) is 11.8 Å². The predicted molar refractivity (Wildman–Crippen MR) is 88.0 cm³/mol. The largest absolute Gasteiger partial charge is 0.299 e. The maximum atomic E-state index is 12.3. The van der Waals surface area contributed by atoms with Gasteiger partial charge in [0.15, 0.2) is 0 Å². The highest BCUT2D eigenvalue weighted by molar-refractivity contribution is 5.94. The summed E-state index contributed by atoms with van der Waals surface area (Å²) >= 11 is 0. The first-order valence-corrected chi connectivity index (χ1v) is 9.21. The Labute approximate surface area is 131 Å². The molecule has 0 amide bonds. The number of carbonyl (C=O) groups excluding carboxylic acids is 2. The first kappa shape index (κ1) is 18.4. The van der Waals surface area contributed by atoms with Gasteiger partial charge >= 0.3 is 0 Å². The van der Waals surface area contributed by atoms with E-state index in [2.05, 4.69) is 6.92 Å². The van der Waals surface area contributed by atoms with Crippen LogP contribution in [0.5, 0.6) is 0 Å². The SMILES string of the molecule is CCCCCCCCCCC([C]=O)C(=O)C1CCCCC1. The van der Waals surface area contributed by atoms with Gasteiger partial charge in [-0.3, -0.25) is 9.59 Å². The summed E-state index contributed by atoms with van der Waals surface area (Å²) in [4.78, 5) is 23.4. The highest BCUT2D eigenvalue weighted by Gasteiger charge is 2.27. The molecule has 1 aliphatic carbocycles. The molecule has 1 radical (unpaired) electrons. The monoisotopic (exact) mass is 293 g/mol.